The van der Waals surface area contributed by atoms with Crippen LogP contribution in [0.3, 0.4) is 0 Å². The Morgan fingerprint density at radius 1 is 1.38 bits per heavy atom. The molecule has 0 unspecified atom stereocenters. The minimum atomic E-state index is -1.04. The van der Waals surface area contributed by atoms with Gasteiger partial charge in [-0.15, -0.1) is 0 Å². The molecule has 9 heteroatoms. The van der Waals surface area contributed by atoms with Gasteiger partial charge in [0.05, 0.1) is 29.4 Å². The monoisotopic (exact) mass is 331 g/mol. The molecule has 126 valence electrons. The maximum atomic E-state index is 14.0. The molecule has 1 saturated heterocycles. The Morgan fingerprint density at radius 3 is 2.88 bits per heavy atom. The molecule has 4 N–H and O–H groups in total. The molecule has 8 nitrogen and oxygen atoms in total. The topological polar surface area (TPSA) is 119 Å². The van der Waals surface area contributed by atoms with Crippen molar-refractivity contribution in [2.45, 2.75) is 25.1 Å². The number of pyridine rings is 1. The van der Waals surface area contributed by atoms with Crippen molar-refractivity contribution in [1.29, 1.82) is 0 Å². The number of rotatable bonds is 5. The van der Waals surface area contributed by atoms with Crippen molar-refractivity contribution < 1.29 is 9.18 Å². The lowest BCUT2D eigenvalue weighted by molar-refractivity contribution is 0.100. The second kappa shape index (κ2) is 7.26. The van der Waals surface area contributed by atoms with E-state index in [0.29, 0.717) is 36.6 Å². The third-order valence-electron chi connectivity index (χ3n) is 3.86. The van der Waals surface area contributed by atoms with Crippen LogP contribution in [-0.2, 0) is 6.42 Å². The van der Waals surface area contributed by atoms with E-state index >= 15 is 0 Å². The average molecular weight is 331 g/mol. The Morgan fingerprint density at radius 2 is 2.17 bits per heavy atom. The Bertz CT molecular complexity index is 712. The van der Waals surface area contributed by atoms with Gasteiger partial charge in [-0.25, -0.2) is 19.3 Å². The van der Waals surface area contributed by atoms with E-state index in [0.717, 1.165) is 0 Å². The first kappa shape index (κ1) is 16.2. The van der Waals surface area contributed by atoms with Crippen LogP contribution in [0.1, 0.15) is 28.3 Å². The molecule has 1 amide bonds. The maximum Gasteiger partial charge on any atom is 0.252 e. The molecule has 0 spiro atoms. The first-order chi connectivity index (χ1) is 11.6. The van der Waals surface area contributed by atoms with Crippen molar-refractivity contribution in [1.82, 2.24) is 25.3 Å². The van der Waals surface area contributed by atoms with Crippen molar-refractivity contribution >= 4 is 11.6 Å². The minimum absolute atomic E-state index is 0.236. The quantitative estimate of drug-likeness (QED) is 0.709. The summed E-state index contributed by atoms with van der Waals surface area (Å²) >= 11 is 0. The van der Waals surface area contributed by atoms with Crippen LogP contribution >= 0.6 is 0 Å². The normalized spacial score (nSPS) is 20.5. The van der Waals surface area contributed by atoms with Gasteiger partial charge >= 0.3 is 0 Å². The molecule has 3 heterocycles. The van der Waals surface area contributed by atoms with Crippen molar-refractivity contribution in [2.24, 2.45) is 5.73 Å². The van der Waals surface area contributed by atoms with Gasteiger partial charge in [-0.2, -0.15) is 0 Å². The van der Waals surface area contributed by atoms with Gasteiger partial charge in [-0.05, 0) is 19.0 Å². The summed E-state index contributed by atoms with van der Waals surface area (Å²) in [6.07, 6.45) is 4.16. The number of hydrogen-bond donors (Lipinski definition) is 3. The number of hydrogen-bond acceptors (Lipinski definition) is 7. The molecule has 0 aliphatic carbocycles. The summed E-state index contributed by atoms with van der Waals surface area (Å²) in [6, 6.07) is 1.32. The van der Waals surface area contributed by atoms with Crippen LogP contribution in [0.5, 0.6) is 0 Å². The van der Waals surface area contributed by atoms with Gasteiger partial charge in [0.15, 0.2) is 0 Å². The second-order valence-corrected chi connectivity index (χ2v) is 5.58. The van der Waals surface area contributed by atoms with E-state index in [-0.39, 0.29) is 18.2 Å². The lowest BCUT2D eigenvalue weighted by atomic mass is 10.0. The van der Waals surface area contributed by atoms with E-state index in [4.69, 9.17) is 5.73 Å². The van der Waals surface area contributed by atoms with Crippen LogP contribution in [0.4, 0.5) is 10.1 Å². The zero-order chi connectivity index (χ0) is 16.9. The van der Waals surface area contributed by atoms with Crippen LogP contribution in [0, 0.1) is 0 Å². The summed E-state index contributed by atoms with van der Waals surface area (Å²) in [6.45, 7) is 0.999. The number of nitrogens with one attached hydrogen (secondary N) is 2. The van der Waals surface area contributed by atoms with E-state index in [9.17, 15) is 9.18 Å². The van der Waals surface area contributed by atoms with Gasteiger partial charge in [0.25, 0.3) is 5.91 Å². The summed E-state index contributed by atoms with van der Waals surface area (Å²) in [5.74, 6) is -0.0541. The number of carbonyl (C=O) groups is 1. The molecule has 0 saturated carbocycles. The zero-order valence-electron chi connectivity index (χ0n) is 12.9. The number of anilines is 1. The lowest BCUT2D eigenvalue weighted by Crippen LogP contribution is -2.45. The van der Waals surface area contributed by atoms with Crippen LogP contribution in [-0.4, -0.2) is 51.1 Å². The van der Waals surface area contributed by atoms with Gasteiger partial charge in [-0.3, -0.25) is 9.78 Å². The van der Waals surface area contributed by atoms with Gasteiger partial charge in [0.1, 0.15) is 24.7 Å². The smallest absolute Gasteiger partial charge is 0.252 e. The van der Waals surface area contributed by atoms with Crippen molar-refractivity contribution in [3.63, 3.8) is 0 Å². The van der Waals surface area contributed by atoms with Crippen molar-refractivity contribution in [3.05, 3.63) is 42.0 Å². The molecule has 0 radical (unpaired) electrons. The highest BCUT2D eigenvalue weighted by atomic mass is 19.1. The maximum absolute atomic E-state index is 14.0. The molecule has 24 heavy (non-hydrogen) atoms. The van der Waals surface area contributed by atoms with E-state index in [2.05, 4.69) is 30.6 Å². The van der Waals surface area contributed by atoms with Crippen LogP contribution in [0.15, 0.2) is 24.9 Å². The highest BCUT2D eigenvalue weighted by Gasteiger charge is 2.25. The Hall–Kier alpha value is -2.68. The number of piperidine rings is 1. The van der Waals surface area contributed by atoms with Gasteiger partial charge in [0.2, 0.25) is 0 Å². The number of nitrogens with two attached hydrogens (primary N) is 1. The summed E-state index contributed by atoms with van der Waals surface area (Å²) in [7, 11) is 0. The van der Waals surface area contributed by atoms with Gasteiger partial charge in [0, 0.05) is 12.7 Å². The molecule has 2 aromatic heterocycles. The van der Waals surface area contributed by atoms with Crippen LogP contribution in [0.25, 0.3) is 0 Å². The van der Waals surface area contributed by atoms with Crippen molar-refractivity contribution in [3.8, 4) is 0 Å². The molecule has 0 bridgehead atoms. The predicted octanol–water partition coefficient (Wildman–Crippen LogP) is 0.0682. The van der Waals surface area contributed by atoms with Crippen molar-refractivity contribution in [2.75, 3.05) is 18.4 Å². The SMILES string of the molecule is NC(=O)c1cnc(Cc2ncncn2)cc1N[C@@H]1CCNC[C@@H]1F. The average Bonchev–Trinajstić information content (AvgIpc) is 2.58. The molecule has 1 aliphatic rings. The summed E-state index contributed by atoms with van der Waals surface area (Å²) < 4.78 is 14.0. The third kappa shape index (κ3) is 3.80. The Kier molecular flexibility index (Phi) is 4.90. The molecular weight excluding hydrogens is 313 g/mol. The summed E-state index contributed by atoms with van der Waals surface area (Å²) in [4.78, 5) is 27.7. The Labute approximate surface area is 138 Å². The van der Waals surface area contributed by atoms with E-state index in [1.54, 1.807) is 6.07 Å². The summed E-state index contributed by atoms with van der Waals surface area (Å²) in [5.41, 5.74) is 6.77. The number of amides is 1. The van der Waals surface area contributed by atoms with E-state index in [1.165, 1.54) is 18.9 Å². The first-order valence-electron chi connectivity index (χ1n) is 7.64. The van der Waals surface area contributed by atoms with Crippen LogP contribution in [0.2, 0.25) is 0 Å². The highest BCUT2D eigenvalue weighted by molar-refractivity contribution is 5.98. The lowest BCUT2D eigenvalue weighted by Gasteiger charge is -2.29. The predicted molar refractivity (Wildman–Crippen MR) is 85.2 cm³/mol. The second-order valence-electron chi connectivity index (χ2n) is 5.58. The third-order valence-corrected chi connectivity index (χ3v) is 3.86. The molecule has 1 fully saturated rings. The molecule has 2 aromatic rings. The van der Waals surface area contributed by atoms with Crippen LogP contribution < -0.4 is 16.4 Å². The molecule has 3 rings (SSSR count). The van der Waals surface area contributed by atoms with E-state index < -0.39 is 12.1 Å². The highest BCUT2D eigenvalue weighted by Crippen LogP contribution is 2.21. The number of halogens is 1. The molecular formula is C15H18FN7O. The fourth-order valence-corrected chi connectivity index (χ4v) is 2.61. The number of nitrogens with zero attached hydrogens (tertiary/aromatic N) is 4. The standard InChI is InChI=1S/C15H18FN7O/c16-11-6-18-2-1-12(11)23-13-3-9(20-5-10(13)15(17)24)4-14-21-7-19-8-22-14/h3,5,7-8,11-12,18H,1-2,4,6H2,(H2,17,24)(H,20,23)/t11-,12+/m0/s1. The number of alkyl halides is 1. The largest absolute Gasteiger partial charge is 0.379 e. The Balaban J connectivity index is 1.84. The molecule has 0 aromatic carbocycles. The molecule has 2 atom stereocenters. The summed E-state index contributed by atoms with van der Waals surface area (Å²) in [5, 5.41) is 6.09. The number of carbonyl (C=O) groups excluding carboxylic acids is 1. The molecule has 1 aliphatic heterocycles. The fourth-order valence-electron chi connectivity index (χ4n) is 2.61. The number of aromatic nitrogens is 4. The van der Waals surface area contributed by atoms with E-state index in [1.807, 2.05) is 0 Å². The minimum Gasteiger partial charge on any atom is -0.379 e. The first-order valence-corrected chi connectivity index (χ1v) is 7.64. The number of primary amides is 1. The fraction of sp³-hybridized carbons (Fsp3) is 0.400. The van der Waals surface area contributed by atoms with Gasteiger partial charge < -0.3 is 16.4 Å². The zero-order valence-corrected chi connectivity index (χ0v) is 12.9. The van der Waals surface area contributed by atoms with Gasteiger partial charge in [-0.1, -0.05) is 0 Å².